The summed E-state index contributed by atoms with van der Waals surface area (Å²) < 4.78 is 4.23. The van der Waals surface area contributed by atoms with Gasteiger partial charge in [0.1, 0.15) is 11.3 Å². The van der Waals surface area contributed by atoms with Crippen LogP contribution in [-0.2, 0) is 41.0 Å². The number of allylic oxidation sites excluding steroid dienone is 4. The Morgan fingerprint density at radius 2 is 0.952 bits per heavy atom. The van der Waals surface area contributed by atoms with E-state index in [1.807, 2.05) is 0 Å². The Bertz CT molecular complexity index is 3240. The van der Waals surface area contributed by atoms with E-state index in [2.05, 4.69) is 22.6 Å². The van der Waals surface area contributed by atoms with E-state index in [1.165, 1.54) is 49.5 Å². The third-order valence-electron chi connectivity index (χ3n) is 9.75. The van der Waals surface area contributed by atoms with Gasteiger partial charge in [0.05, 0.1) is 49.3 Å². The van der Waals surface area contributed by atoms with Crippen LogP contribution < -0.4 is 22.5 Å². The highest BCUT2D eigenvalue weighted by Gasteiger charge is 2.34. The van der Waals surface area contributed by atoms with Crippen LogP contribution in [0.5, 0.6) is 0 Å². The highest BCUT2D eigenvalue weighted by atomic mass is 35.5. The minimum atomic E-state index is -0.670. The largest absolute Gasteiger partial charge is 0.332 e. The molecule has 0 radical (unpaired) electrons. The first-order valence-electron chi connectivity index (χ1n) is 18.3. The Kier molecular flexibility index (Phi) is 13.5. The van der Waals surface area contributed by atoms with Gasteiger partial charge < -0.3 is 0 Å². The Balaban J connectivity index is 0.000000179. The molecule has 0 aliphatic heterocycles. The van der Waals surface area contributed by atoms with Crippen molar-refractivity contribution in [3.63, 3.8) is 0 Å². The third kappa shape index (κ3) is 8.55. The standard InChI is InChI=1S/C21H15Cl2N3O4S.C15H13N3O4.C6H4Cl2S/c1-4-12-15-16(17-19(24-12)25(2)21(30)26(3)20(17)29)13(27)8-14(18(15)28)31-11-6-9(22)5-10(23)7-11;1-4-7-10-8(19)5-6-9(20)11(10)12-13(16-7)17(2)15(22)18(3)14(12)21;7-4-1-5(8)3-6(9)2-4/h5-8H,4H2,1-3H3;5-6H,4H2,1-3H3;1-3,9H. The minimum Gasteiger partial charge on any atom is -0.289 e. The van der Waals surface area contributed by atoms with E-state index in [1.54, 1.807) is 50.2 Å². The average molecular weight is 955 g/mol. The van der Waals surface area contributed by atoms with Crippen LogP contribution in [0.25, 0.3) is 22.1 Å². The van der Waals surface area contributed by atoms with Crippen LogP contribution in [0.3, 0.4) is 0 Å². The number of hydrogen-bond donors (Lipinski definition) is 1. The van der Waals surface area contributed by atoms with Gasteiger partial charge in [-0.25, -0.2) is 19.6 Å². The average Bonchev–Trinajstić information content (AvgIpc) is 3.21. The van der Waals surface area contributed by atoms with E-state index in [-0.39, 0.29) is 55.0 Å². The maximum atomic E-state index is 13.4. The molecule has 0 saturated heterocycles. The molecule has 6 aromatic rings. The summed E-state index contributed by atoms with van der Waals surface area (Å²) >= 11 is 28.4. The highest BCUT2D eigenvalue weighted by molar-refractivity contribution is 8.04. The monoisotopic (exact) mass is 952 g/mol. The van der Waals surface area contributed by atoms with Crippen LogP contribution >= 0.6 is 70.8 Å². The molecule has 20 heteroatoms. The zero-order valence-corrected chi connectivity index (χ0v) is 38.2. The highest BCUT2D eigenvalue weighted by Crippen LogP contribution is 2.38. The molecule has 0 fully saturated rings. The summed E-state index contributed by atoms with van der Waals surface area (Å²) in [5.41, 5.74) is -1.14. The Hall–Kier alpha value is -5.36. The van der Waals surface area contributed by atoms with E-state index >= 15 is 0 Å². The second kappa shape index (κ2) is 18.2. The molecule has 0 spiro atoms. The van der Waals surface area contributed by atoms with Gasteiger partial charge in [-0.1, -0.05) is 72.0 Å². The van der Waals surface area contributed by atoms with E-state index in [9.17, 15) is 38.4 Å². The number of ketones is 4. The lowest BCUT2D eigenvalue weighted by molar-refractivity contribution is 0.0991. The van der Waals surface area contributed by atoms with Crippen molar-refractivity contribution < 1.29 is 19.2 Å². The fraction of sp³-hybridized carbons (Fsp3) is 0.190. The number of pyridine rings is 2. The van der Waals surface area contributed by atoms with Gasteiger partial charge in [0.2, 0.25) is 5.78 Å². The quantitative estimate of drug-likeness (QED) is 0.180. The fourth-order valence-corrected chi connectivity index (χ4v) is 9.41. The molecule has 0 saturated carbocycles. The zero-order valence-electron chi connectivity index (χ0n) is 33.4. The topological polar surface area (TPSA) is 182 Å². The molecule has 0 atom stereocenters. The van der Waals surface area contributed by atoms with Crippen LogP contribution in [0.4, 0.5) is 0 Å². The molecule has 318 valence electrons. The van der Waals surface area contributed by atoms with Gasteiger partial charge in [-0.15, -0.1) is 12.6 Å². The van der Waals surface area contributed by atoms with E-state index < -0.39 is 39.8 Å². The number of carbonyl (C=O) groups is 4. The van der Waals surface area contributed by atoms with Crippen molar-refractivity contribution in [3.05, 3.63) is 155 Å². The summed E-state index contributed by atoms with van der Waals surface area (Å²) in [6.07, 6.45) is 4.28. The summed E-state index contributed by atoms with van der Waals surface area (Å²) in [4.78, 5) is 111. The number of carbonyl (C=O) groups excluding carboxylic acids is 4. The molecule has 14 nitrogen and oxygen atoms in total. The van der Waals surface area contributed by atoms with Gasteiger partial charge in [0, 0.05) is 64.1 Å². The summed E-state index contributed by atoms with van der Waals surface area (Å²) in [6.45, 7) is 3.58. The number of hydrogen-bond acceptors (Lipinski definition) is 12. The number of nitrogens with zero attached hydrogens (tertiary/aromatic N) is 6. The minimum absolute atomic E-state index is 0.0134. The summed E-state index contributed by atoms with van der Waals surface area (Å²) in [7, 11) is 5.60. The maximum Gasteiger partial charge on any atom is 0.332 e. The van der Waals surface area contributed by atoms with Gasteiger partial charge in [-0.3, -0.25) is 47.0 Å². The smallest absolute Gasteiger partial charge is 0.289 e. The molecular weight excluding hydrogens is 922 g/mol. The lowest BCUT2D eigenvalue weighted by atomic mass is 9.90. The van der Waals surface area contributed by atoms with Crippen LogP contribution in [0.2, 0.25) is 20.1 Å². The molecule has 2 aromatic carbocycles. The molecule has 0 bridgehead atoms. The number of rotatable bonds is 4. The van der Waals surface area contributed by atoms with E-state index in [4.69, 9.17) is 46.4 Å². The number of halogens is 4. The summed E-state index contributed by atoms with van der Waals surface area (Å²) in [5, 5.41) is 2.01. The van der Waals surface area contributed by atoms with Crippen molar-refractivity contribution >= 4 is 116 Å². The SMILES string of the molecule is CCc1nc2c(c3c1C(=O)C(Sc1cc(Cl)cc(Cl)c1)=CC3=O)c(=O)n(C)c(=O)n2C.CCc1nc2c(c3c1C(=O)C=CC3=O)c(=O)n(C)c(=O)n2C.Sc1cc(Cl)cc(Cl)c1. The second-order valence-electron chi connectivity index (χ2n) is 13.7. The van der Waals surface area contributed by atoms with Gasteiger partial charge >= 0.3 is 11.4 Å². The molecule has 62 heavy (non-hydrogen) atoms. The van der Waals surface area contributed by atoms with Crippen LogP contribution in [0.15, 0.2) is 88.5 Å². The van der Waals surface area contributed by atoms with Crippen molar-refractivity contribution in [2.75, 3.05) is 0 Å². The number of aromatic nitrogens is 6. The molecular formula is C42H32Cl4N6O8S2. The lowest BCUT2D eigenvalue weighted by Gasteiger charge is -2.20. The van der Waals surface area contributed by atoms with Crippen LogP contribution in [0.1, 0.15) is 66.7 Å². The number of benzene rings is 2. The summed E-state index contributed by atoms with van der Waals surface area (Å²) in [6, 6.07) is 9.97. The molecule has 0 N–H and O–H groups in total. The van der Waals surface area contributed by atoms with Crippen LogP contribution in [-0.4, -0.2) is 51.4 Å². The molecule has 4 aromatic heterocycles. The Morgan fingerprint density at radius 1 is 0.548 bits per heavy atom. The number of fused-ring (bicyclic) bond motifs is 6. The van der Waals surface area contributed by atoms with Crippen molar-refractivity contribution in [1.82, 2.24) is 28.2 Å². The van der Waals surface area contributed by atoms with Crippen molar-refractivity contribution in [1.29, 1.82) is 0 Å². The molecule has 2 aliphatic rings. The molecule has 8 rings (SSSR count). The first-order valence-corrected chi connectivity index (χ1v) is 21.1. The molecule has 0 unspecified atom stereocenters. The zero-order chi connectivity index (χ0) is 45.6. The Morgan fingerprint density at radius 3 is 1.39 bits per heavy atom. The van der Waals surface area contributed by atoms with Crippen molar-refractivity contribution in [3.8, 4) is 0 Å². The number of aryl methyl sites for hydroxylation is 4. The predicted molar refractivity (Wildman–Crippen MR) is 244 cm³/mol. The van der Waals surface area contributed by atoms with E-state index in [0.29, 0.717) is 49.2 Å². The predicted octanol–water partition coefficient (Wildman–Crippen LogP) is 6.97. The van der Waals surface area contributed by atoms with Crippen LogP contribution in [0, 0.1) is 0 Å². The van der Waals surface area contributed by atoms with Gasteiger partial charge in [0.15, 0.2) is 17.3 Å². The third-order valence-corrected chi connectivity index (χ3v) is 11.9. The fourth-order valence-electron chi connectivity index (χ4n) is 6.81. The van der Waals surface area contributed by atoms with E-state index in [0.717, 1.165) is 31.9 Å². The second-order valence-corrected chi connectivity index (χ2v) is 17.1. The first kappa shape index (κ1) is 46.2. The van der Waals surface area contributed by atoms with Crippen molar-refractivity contribution in [2.45, 2.75) is 36.5 Å². The molecule has 2 aliphatic carbocycles. The normalized spacial score (nSPS) is 13.0. The number of Topliss-reactive ketones (excluding diaryl/α,β-unsaturated/α-hetero) is 1. The maximum absolute atomic E-state index is 13.4. The van der Waals surface area contributed by atoms with Gasteiger partial charge in [-0.2, -0.15) is 0 Å². The van der Waals surface area contributed by atoms with Gasteiger partial charge in [-0.05, 0) is 61.4 Å². The molecule has 4 heterocycles. The first-order chi connectivity index (χ1) is 29.2. The number of thioether (sulfide) groups is 1. The van der Waals surface area contributed by atoms with Gasteiger partial charge in [0.25, 0.3) is 11.1 Å². The Labute approximate surface area is 380 Å². The van der Waals surface area contributed by atoms with Crippen molar-refractivity contribution in [2.24, 2.45) is 28.2 Å². The summed E-state index contributed by atoms with van der Waals surface area (Å²) in [5.74, 6) is -1.69. The molecule has 0 amide bonds. The lowest BCUT2D eigenvalue weighted by Crippen LogP contribution is -2.39. The number of thiol groups is 1.